The average molecular weight is 431 g/mol. The number of aryl methyl sites for hydroxylation is 1. The van der Waals surface area contributed by atoms with Crippen molar-refractivity contribution in [1.82, 2.24) is 24.8 Å². The summed E-state index contributed by atoms with van der Waals surface area (Å²) in [6, 6.07) is 9.23. The number of benzene rings is 1. The van der Waals surface area contributed by atoms with Crippen molar-refractivity contribution in [2.45, 2.75) is 20.0 Å². The highest BCUT2D eigenvalue weighted by Crippen LogP contribution is 2.22. The van der Waals surface area contributed by atoms with Crippen LogP contribution in [-0.4, -0.2) is 30.7 Å². The fraction of sp³-hybridized carbons (Fsp3) is 0.176. The first kappa shape index (κ1) is 16.9. The third-order valence-electron chi connectivity index (χ3n) is 3.96. The Morgan fingerprint density at radius 2 is 2.15 bits per heavy atom. The molecule has 3 heterocycles. The van der Waals surface area contributed by atoms with Gasteiger partial charge in [-0.3, -0.25) is 4.79 Å². The zero-order chi connectivity index (χ0) is 18.1. The molecule has 0 saturated carbocycles. The number of aromatic nitrogens is 5. The van der Waals surface area contributed by atoms with E-state index >= 15 is 0 Å². The van der Waals surface area contributed by atoms with Crippen molar-refractivity contribution in [2.24, 2.45) is 0 Å². The standard InChI is InChI=1S/C17H15BrN6OS/c1-2-23-15-4-3-11(7-14(15)21-22-23)17(25)20-16-5-6-19-24(16)9-13-8-12(18)10-26-13/h3-8,10H,2,9H2,1H3,(H,20,25). The summed E-state index contributed by atoms with van der Waals surface area (Å²) < 4.78 is 4.61. The van der Waals surface area contributed by atoms with E-state index in [-0.39, 0.29) is 5.91 Å². The third-order valence-corrected chi connectivity index (χ3v) is 5.64. The number of nitrogens with one attached hydrogen (secondary N) is 1. The fourth-order valence-corrected chi connectivity index (χ4v) is 4.12. The predicted octanol–water partition coefficient (Wildman–Crippen LogP) is 3.77. The van der Waals surface area contributed by atoms with Crippen molar-refractivity contribution in [2.75, 3.05) is 5.32 Å². The Kier molecular flexibility index (Phi) is 4.56. The van der Waals surface area contributed by atoms with Crippen LogP contribution in [0.3, 0.4) is 0 Å². The van der Waals surface area contributed by atoms with Crippen molar-refractivity contribution in [3.8, 4) is 0 Å². The van der Waals surface area contributed by atoms with Crippen LogP contribution in [0.2, 0.25) is 0 Å². The van der Waals surface area contributed by atoms with Crippen LogP contribution in [0.5, 0.6) is 0 Å². The monoisotopic (exact) mass is 430 g/mol. The Morgan fingerprint density at radius 1 is 1.27 bits per heavy atom. The Hall–Kier alpha value is -2.52. The van der Waals surface area contributed by atoms with Gasteiger partial charge in [0.25, 0.3) is 5.91 Å². The molecule has 4 aromatic rings. The van der Waals surface area contributed by atoms with Gasteiger partial charge in [0.15, 0.2) is 0 Å². The first-order chi connectivity index (χ1) is 12.6. The van der Waals surface area contributed by atoms with Crippen molar-refractivity contribution in [3.05, 3.63) is 56.8 Å². The Bertz CT molecular complexity index is 1080. The minimum atomic E-state index is -0.202. The van der Waals surface area contributed by atoms with Crippen molar-refractivity contribution >= 4 is 50.0 Å². The van der Waals surface area contributed by atoms with Crippen LogP contribution in [0.4, 0.5) is 5.82 Å². The van der Waals surface area contributed by atoms with Crippen LogP contribution in [0.25, 0.3) is 11.0 Å². The number of hydrogen-bond donors (Lipinski definition) is 1. The molecule has 0 aliphatic rings. The number of carbonyl (C=O) groups is 1. The van der Waals surface area contributed by atoms with Crippen LogP contribution in [0.15, 0.2) is 46.4 Å². The highest BCUT2D eigenvalue weighted by Gasteiger charge is 2.13. The number of hydrogen-bond acceptors (Lipinski definition) is 5. The van der Waals surface area contributed by atoms with Crippen LogP contribution in [0, 0.1) is 0 Å². The molecule has 1 aromatic carbocycles. The van der Waals surface area contributed by atoms with Gasteiger partial charge in [0.1, 0.15) is 11.3 Å². The first-order valence-electron chi connectivity index (χ1n) is 8.03. The summed E-state index contributed by atoms with van der Waals surface area (Å²) in [5.74, 6) is 0.448. The van der Waals surface area contributed by atoms with Crippen LogP contribution in [-0.2, 0) is 13.1 Å². The van der Waals surface area contributed by atoms with Gasteiger partial charge in [-0.25, -0.2) is 9.36 Å². The molecule has 0 aliphatic heterocycles. The van der Waals surface area contributed by atoms with Gasteiger partial charge in [0.05, 0.1) is 18.3 Å². The van der Waals surface area contributed by atoms with Gasteiger partial charge in [-0.15, -0.1) is 16.4 Å². The van der Waals surface area contributed by atoms with Gasteiger partial charge in [-0.2, -0.15) is 5.10 Å². The molecular weight excluding hydrogens is 416 g/mol. The summed E-state index contributed by atoms with van der Waals surface area (Å²) in [4.78, 5) is 13.8. The number of fused-ring (bicyclic) bond motifs is 1. The largest absolute Gasteiger partial charge is 0.307 e. The summed E-state index contributed by atoms with van der Waals surface area (Å²) in [5.41, 5.74) is 2.15. The summed E-state index contributed by atoms with van der Waals surface area (Å²) in [5, 5.41) is 17.4. The van der Waals surface area contributed by atoms with Crippen molar-refractivity contribution in [3.63, 3.8) is 0 Å². The van der Waals surface area contributed by atoms with Gasteiger partial charge < -0.3 is 5.32 Å². The second-order valence-corrected chi connectivity index (χ2v) is 7.58. The number of anilines is 1. The van der Waals surface area contributed by atoms with E-state index in [1.807, 2.05) is 24.4 Å². The molecule has 3 aromatic heterocycles. The summed E-state index contributed by atoms with van der Waals surface area (Å²) in [6.45, 7) is 3.34. The van der Waals surface area contributed by atoms with Crippen LogP contribution in [0.1, 0.15) is 22.2 Å². The van der Waals surface area contributed by atoms with E-state index in [0.717, 1.165) is 21.4 Å². The normalized spacial score (nSPS) is 11.2. The summed E-state index contributed by atoms with van der Waals surface area (Å²) in [7, 11) is 0. The number of halogens is 1. The van der Waals surface area contributed by atoms with Crippen LogP contribution >= 0.6 is 27.3 Å². The van der Waals surface area contributed by atoms with Crippen molar-refractivity contribution < 1.29 is 4.79 Å². The van der Waals surface area contributed by atoms with Gasteiger partial charge in [-0.05, 0) is 47.1 Å². The molecule has 0 bridgehead atoms. The molecule has 1 amide bonds. The number of thiophene rings is 1. The molecule has 0 unspecified atom stereocenters. The Morgan fingerprint density at radius 3 is 2.92 bits per heavy atom. The van der Waals surface area contributed by atoms with E-state index < -0.39 is 0 Å². The molecule has 1 N–H and O–H groups in total. The maximum Gasteiger partial charge on any atom is 0.256 e. The highest BCUT2D eigenvalue weighted by atomic mass is 79.9. The number of amides is 1. The van der Waals surface area contributed by atoms with Crippen LogP contribution < -0.4 is 5.32 Å². The van der Waals surface area contributed by atoms with E-state index in [9.17, 15) is 4.79 Å². The second-order valence-electron chi connectivity index (χ2n) is 5.67. The molecule has 0 fully saturated rings. The lowest BCUT2D eigenvalue weighted by molar-refractivity contribution is 0.102. The Balaban J connectivity index is 1.54. The molecule has 132 valence electrons. The third kappa shape index (κ3) is 3.27. The van der Waals surface area contributed by atoms with E-state index in [1.165, 1.54) is 0 Å². The average Bonchev–Trinajstić information content (AvgIpc) is 3.35. The molecule has 0 atom stereocenters. The predicted molar refractivity (Wildman–Crippen MR) is 105 cm³/mol. The molecule has 0 saturated heterocycles. The van der Waals surface area contributed by atoms with E-state index in [1.54, 1.807) is 45.1 Å². The zero-order valence-corrected chi connectivity index (χ0v) is 16.3. The number of carbonyl (C=O) groups excluding carboxylic acids is 1. The fourth-order valence-electron chi connectivity index (χ4n) is 2.68. The lowest BCUT2D eigenvalue weighted by Crippen LogP contribution is -2.16. The molecule has 7 nitrogen and oxygen atoms in total. The molecule has 9 heteroatoms. The van der Waals surface area contributed by atoms with E-state index in [0.29, 0.717) is 23.4 Å². The molecule has 26 heavy (non-hydrogen) atoms. The van der Waals surface area contributed by atoms with E-state index in [4.69, 9.17) is 0 Å². The van der Waals surface area contributed by atoms with Gasteiger partial charge >= 0.3 is 0 Å². The quantitative estimate of drug-likeness (QED) is 0.522. The highest BCUT2D eigenvalue weighted by molar-refractivity contribution is 9.10. The summed E-state index contributed by atoms with van der Waals surface area (Å²) >= 11 is 5.09. The first-order valence-corrected chi connectivity index (χ1v) is 9.70. The zero-order valence-electron chi connectivity index (χ0n) is 13.9. The van der Waals surface area contributed by atoms with Gasteiger partial charge in [0, 0.05) is 32.9 Å². The molecule has 4 rings (SSSR count). The van der Waals surface area contributed by atoms with Gasteiger partial charge in [0.2, 0.25) is 0 Å². The lowest BCUT2D eigenvalue weighted by atomic mass is 10.2. The second kappa shape index (κ2) is 7.00. The Labute approximate surface area is 161 Å². The molecular formula is C17H15BrN6OS. The van der Waals surface area contributed by atoms with E-state index in [2.05, 4.69) is 36.7 Å². The maximum atomic E-state index is 12.6. The number of nitrogens with zero attached hydrogens (tertiary/aromatic N) is 5. The molecule has 0 radical (unpaired) electrons. The smallest absolute Gasteiger partial charge is 0.256 e. The minimum absolute atomic E-state index is 0.202. The molecule has 0 spiro atoms. The number of rotatable bonds is 5. The minimum Gasteiger partial charge on any atom is -0.307 e. The SMILES string of the molecule is CCn1nnc2cc(C(=O)Nc3ccnn3Cc3cc(Br)cs3)ccc21. The maximum absolute atomic E-state index is 12.6. The molecule has 0 aliphatic carbocycles. The summed E-state index contributed by atoms with van der Waals surface area (Å²) in [6.07, 6.45) is 1.67. The van der Waals surface area contributed by atoms with Gasteiger partial charge in [-0.1, -0.05) is 5.21 Å². The topological polar surface area (TPSA) is 77.6 Å². The lowest BCUT2D eigenvalue weighted by Gasteiger charge is -2.08. The van der Waals surface area contributed by atoms with Crippen molar-refractivity contribution in [1.29, 1.82) is 0 Å².